The zero-order chi connectivity index (χ0) is 15.4. The van der Waals surface area contributed by atoms with E-state index in [1.54, 1.807) is 0 Å². The molecule has 1 aromatic rings. The van der Waals surface area contributed by atoms with E-state index in [0.717, 1.165) is 50.9 Å². The first-order valence-electron chi connectivity index (χ1n) is 7.75. The maximum absolute atomic E-state index is 4.85. The predicted molar refractivity (Wildman–Crippen MR) is 97.2 cm³/mol. The van der Waals surface area contributed by atoms with Crippen LogP contribution in [0.4, 0.5) is 11.8 Å². The van der Waals surface area contributed by atoms with E-state index in [2.05, 4.69) is 65.5 Å². The van der Waals surface area contributed by atoms with Gasteiger partial charge in [-0.25, -0.2) is 4.98 Å². The molecule has 0 radical (unpaired) electrons. The van der Waals surface area contributed by atoms with Crippen LogP contribution in [-0.4, -0.2) is 54.6 Å². The van der Waals surface area contributed by atoms with E-state index in [0.29, 0.717) is 5.92 Å². The molecule has 0 spiro atoms. The summed E-state index contributed by atoms with van der Waals surface area (Å²) in [4.78, 5) is 14.3. The van der Waals surface area contributed by atoms with Crippen molar-refractivity contribution in [2.24, 2.45) is 5.92 Å². The van der Waals surface area contributed by atoms with E-state index in [1.165, 1.54) is 9.26 Å². The van der Waals surface area contributed by atoms with Crippen LogP contribution in [0.1, 0.15) is 26.5 Å². The van der Waals surface area contributed by atoms with Crippen LogP contribution in [0.2, 0.25) is 0 Å². The molecule has 2 heterocycles. The van der Waals surface area contributed by atoms with Gasteiger partial charge in [0.2, 0.25) is 5.95 Å². The van der Waals surface area contributed by atoms with Crippen molar-refractivity contribution >= 4 is 34.4 Å². The molecule has 0 bridgehead atoms. The van der Waals surface area contributed by atoms with Gasteiger partial charge in [0, 0.05) is 32.7 Å². The second-order valence-corrected chi connectivity index (χ2v) is 7.13. The van der Waals surface area contributed by atoms with Gasteiger partial charge in [-0.1, -0.05) is 13.8 Å². The third kappa shape index (κ3) is 4.42. The van der Waals surface area contributed by atoms with Crippen LogP contribution >= 0.6 is 22.6 Å². The molecule has 0 saturated carbocycles. The minimum atomic E-state index is 0.600. The highest BCUT2D eigenvalue weighted by molar-refractivity contribution is 14.1. The third-order valence-corrected chi connectivity index (χ3v) is 4.77. The second kappa shape index (κ2) is 7.58. The fraction of sp³-hybridized carbons (Fsp3) is 0.733. The molecule has 0 amide bonds. The summed E-state index contributed by atoms with van der Waals surface area (Å²) in [6, 6.07) is 0. The molecule has 1 aliphatic heterocycles. The summed E-state index contributed by atoms with van der Waals surface area (Å²) in [5.41, 5.74) is 1.17. The van der Waals surface area contributed by atoms with Crippen molar-refractivity contribution in [2.75, 3.05) is 50.0 Å². The number of likely N-dealkylation sites (N-methyl/N-ethyl adjacent to an activating group) is 1. The number of halogens is 1. The van der Waals surface area contributed by atoms with Crippen molar-refractivity contribution in [3.63, 3.8) is 0 Å². The average Bonchev–Trinajstić information content (AvgIpc) is 2.43. The molecular weight excluding hydrogens is 377 g/mol. The molecule has 1 fully saturated rings. The van der Waals surface area contributed by atoms with Crippen molar-refractivity contribution < 1.29 is 0 Å². The largest absolute Gasteiger partial charge is 0.369 e. The highest BCUT2D eigenvalue weighted by atomic mass is 127. The van der Waals surface area contributed by atoms with Crippen LogP contribution in [0, 0.1) is 9.49 Å². The summed E-state index contributed by atoms with van der Waals surface area (Å²) in [5.74, 6) is 2.47. The van der Waals surface area contributed by atoms with Crippen LogP contribution in [0.3, 0.4) is 0 Å². The Balaban J connectivity index is 2.29. The number of aromatic nitrogens is 2. The van der Waals surface area contributed by atoms with E-state index >= 15 is 0 Å². The molecule has 2 rings (SSSR count). The monoisotopic (exact) mass is 403 g/mol. The normalized spacial score (nSPS) is 16.6. The number of hydrogen-bond donors (Lipinski definition) is 1. The molecule has 1 saturated heterocycles. The Morgan fingerprint density at radius 2 is 1.86 bits per heavy atom. The van der Waals surface area contributed by atoms with Crippen LogP contribution in [-0.2, 0) is 6.42 Å². The van der Waals surface area contributed by atoms with Crippen molar-refractivity contribution in [3.05, 3.63) is 9.26 Å². The van der Waals surface area contributed by atoms with Gasteiger partial charge in [-0.05, 0) is 48.9 Å². The maximum Gasteiger partial charge on any atom is 0.227 e. The Hall–Kier alpha value is -0.630. The smallest absolute Gasteiger partial charge is 0.227 e. The van der Waals surface area contributed by atoms with E-state index in [1.807, 2.05) is 0 Å². The standard InChI is InChI=1S/C15H26IN5/c1-5-17-14-13(16)12(10-11(2)3)18-15(19-14)21-8-6-20(4)7-9-21/h11H,5-10H2,1-4H3,(H,17,18,19). The first-order chi connectivity index (χ1) is 10.0. The highest BCUT2D eigenvalue weighted by Gasteiger charge is 2.20. The number of anilines is 2. The molecule has 0 aromatic carbocycles. The minimum absolute atomic E-state index is 0.600. The lowest BCUT2D eigenvalue weighted by Gasteiger charge is -2.33. The van der Waals surface area contributed by atoms with Crippen molar-refractivity contribution in [1.29, 1.82) is 0 Å². The number of piperazine rings is 1. The summed E-state index contributed by atoms with van der Waals surface area (Å²) >= 11 is 2.37. The van der Waals surface area contributed by atoms with E-state index in [9.17, 15) is 0 Å². The molecule has 0 aliphatic carbocycles. The van der Waals surface area contributed by atoms with Gasteiger partial charge in [-0.15, -0.1) is 0 Å². The fourth-order valence-corrected chi connectivity index (χ4v) is 3.09. The Morgan fingerprint density at radius 3 is 2.43 bits per heavy atom. The van der Waals surface area contributed by atoms with Gasteiger partial charge in [-0.3, -0.25) is 0 Å². The summed E-state index contributed by atoms with van der Waals surface area (Å²) in [7, 11) is 2.17. The fourth-order valence-electron chi connectivity index (χ4n) is 2.43. The average molecular weight is 403 g/mol. The molecule has 0 unspecified atom stereocenters. The summed E-state index contributed by atoms with van der Waals surface area (Å²) < 4.78 is 1.17. The third-order valence-electron chi connectivity index (χ3n) is 3.64. The molecule has 21 heavy (non-hydrogen) atoms. The summed E-state index contributed by atoms with van der Waals surface area (Å²) in [6.45, 7) is 11.6. The Labute approximate surface area is 141 Å². The van der Waals surface area contributed by atoms with Crippen molar-refractivity contribution in [2.45, 2.75) is 27.2 Å². The summed E-state index contributed by atoms with van der Waals surface area (Å²) in [6.07, 6.45) is 1.000. The molecule has 1 aliphatic rings. The number of nitrogens with zero attached hydrogens (tertiary/aromatic N) is 4. The SMILES string of the molecule is CCNc1nc(N2CCN(C)CC2)nc(CC(C)C)c1I. The Kier molecular flexibility index (Phi) is 6.04. The minimum Gasteiger partial charge on any atom is -0.369 e. The first-order valence-corrected chi connectivity index (χ1v) is 8.83. The topological polar surface area (TPSA) is 44.3 Å². The quantitative estimate of drug-likeness (QED) is 0.766. The molecule has 6 heteroatoms. The van der Waals surface area contributed by atoms with Gasteiger partial charge in [0.1, 0.15) is 5.82 Å². The van der Waals surface area contributed by atoms with E-state index < -0.39 is 0 Å². The van der Waals surface area contributed by atoms with Gasteiger partial charge in [0.25, 0.3) is 0 Å². The van der Waals surface area contributed by atoms with Crippen LogP contribution in [0.15, 0.2) is 0 Å². The molecular formula is C15H26IN5. The highest BCUT2D eigenvalue weighted by Crippen LogP contribution is 2.25. The Bertz CT molecular complexity index is 469. The van der Waals surface area contributed by atoms with Crippen LogP contribution in [0.5, 0.6) is 0 Å². The number of nitrogens with one attached hydrogen (secondary N) is 1. The molecule has 1 aromatic heterocycles. The zero-order valence-electron chi connectivity index (χ0n) is 13.5. The van der Waals surface area contributed by atoms with Gasteiger partial charge in [0.15, 0.2) is 0 Å². The van der Waals surface area contributed by atoms with Crippen LogP contribution < -0.4 is 10.2 Å². The van der Waals surface area contributed by atoms with Crippen molar-refractivity contribution in [3.8, 4) is 0 Å². The van der Waals surface area contributed by atoms with Gasteiger partial charge in [-0.2, -0.15) is 4.98 Å². The molecule has 0 atom stereocenters. The number of hydrogen-bond acceptors (Lipinski definition) is 5. The van der Waals surface area contributed by atoms with Gasteiger partial charge < -0.3 is 15.1 Å². The lowest BCUT2D eigenvalue weighted by molar-refractivity contribution is 0.311. The first kappa shape index (κ1) is 16.7. The van der Waals surface area contributed by atoms with E-state index in [4.69, 9.17) is 9.97 Å². The van der Waals surface area contributed by atoms with Gasteiger partial charge >= 0.3 is 0 Å². The van der Waals surface area contributed by atoms with Gasteiger partial charge in [0.05, 0.1) is 9.26 Å². The summed E-state index contributed by atoms with van der Waals surface area (Å²) in [5, 5.41) is 3.38. The lowest BCUT2D eigenvalue weighted by Crippen LogP contribution is -2.45. The molecule has 1 N–H and O–H groups in total. The van der Waals surface area contributed by atoms with Crippen molar-refractivity contribution in [1.82, 2.24) is 14.9 Å². The Morgan fingerprint density at radius 1 is 1.19 bits per heavy atom. The molecule has 118 valence electrons. The van der Waals surface area contributed by atoms with E-state index in [-0.39, 0.29) is 0 Å². The second-order valence-electron chi connectivity index (χ2n) is 6.05. The number of rotatable bonds is 5. The zero-order valence-corrected chi connectivity index (χ0v) is 15.6. The molecule has 5 nitrogen and oxygen atoms in total. The lowest BCUT2D eigenvalue weighted by atomic mass is 10.1. The van der Waals surface area contributed by atoms with Crippen LogP contribution in [0.25, 0.3) is 0 Å². The predicted octanol–water partition coefficient (Wildman–Crippen LogP) is 2.46. The maximum atomic E-state index is 4.85.